The molecule has 1 unspecified atom stereocenters. The van der Waals surface area contributed by atoms with Gasteiger partial charge < -0.3 is 9.64 Å². The second kappa shape index (κ2) is 5.11. The number of amides is 1. The van der Waals surface area contributed by atoms with Crippen LogP contribution in [0.25, 0.3) is 0 Å². The van der Waals surface area contributed by atoms with E-state index in [0.717, 1.165) is 12.8 Å². The van der Waals surface area contributed by atoms with Crippen molar-refractivity contribution in [1.29, 1.82) is 0 Å². The van der Waals surface area contributed by atoms with Crippen molar-refractivity contribution in [3.05, 3.63) is 35.9 Å². The van der Waals surface area contributed by atoms with Crippen LogP contribution in [0.3, 0.4) is 0 Å². The molecule has 1 atom stereocenters. The van der Waals surface area contributed by atoms with Gasteiger partial charge in [0.1, 0.15) is 12.8 Å². The summed E-state index contributed by atoms with van der Waals surface area (Å²) in [5.41, 5.74) is 1.17. The van der Waals surface area contributed by atoms with Gasteiger partial charge in [-0.25, -0.2) is 0 Å². The summed E-state index contributed by atoms with van der Waals surface area (Å²) < 4.78 is 5.74. The summed E-state index contributed by atoms with van der Waals surface area (Å²) in [6.45, 7) is 1.16. The van der Waals surface area contributed by atoms with Gasteiger partial charge in [0.2, 0.25) is 5.91 Å². The van der Waals surface area contributed by atoms with Crippen molar-refractivity contribution in [2.45, 2.75) is 31.8 Å². The lowest BCUT2D eigenvalue weighted by Gasteiger charge is -2.18. The highest BCUT2D eigenvalue weighted by atomic mass is 16.5. The third-order valence-electron chi connectivity index (χ3n) is 4.01. The first kappa shape index (κ1) is 11.7. The fourth-order valence-corrected chi connectivity index (χ4v) is 2.94. The first-order valence-corrected chi connectivity index (χ1v) is 6.80. The lowest BCUT2D eigenvalue weighted by molar-refractivity contribution is -0.135. The average molecular weight is 245 g/mol. The number of ether oxygens (including phenoxy) is 1. The summed E-state index contributed by atoms with van der Waals surface area (Å²) in [4.78, 5) is 14.2. The Bertz CT molecular complexity index is 412. The van der Waals surface area contributed by atoms with Crippen LogP contribution in [-0.2, 0) is 9.53 Å². The Morgan fingerprint density at radius 2 is 1.89 bits per heavy atom. The van der Waals surface area contributed by atoms with E-state index in [9.17, 15) is 4.79 Å². The molecule has 18 heavy (non-hydrogen) atoms. The highest BCUT2D eigenvalue weighted by molar-refractivity contribution is 5.79. The second-order valence-corrected chi connectivity index (χ2v) is 5.24. The molecule has 1 aliphatic carbocycles. The van der Waals surface area contributed by atoms with Gasteiger partial charge in [-0.1, -0.05) is 43.2 Å². The lowest BCUT2D eigenvalue weighted by atomic mass is 10.1. The predicted octanol–water partition coefficient (Wildman–Crippen LogP) is 2.73. The average Bonchev–Trinajstić information content (AvgIpc) is 3.10. The van der Waals surface area contributed by atoms with Crippen molar-refractivity contribution in [3.8, 4) is 0 Å². The summed E-state index contributed by atoms with van der Waals surface area (Å²) in [5, 5.41) is 0. The van der Waals surface area contributed by atoms with Crippen molar-refractivity contribution in [2.75, 3.05) is 13.3 Å². The van der Waals surface area contributed by atoms with Gasteiger partial charge in [-0.15, -0.1) is 0 Å². The van der Waals surface area contributed by atoms with Gasteiger partial charge in [-0.2, -0.15) is 0 Å². The number of carbonyl (C=O) groups is 1. The van der Waals surface area contributed by atoms with Gasteiger partial charge in [0, 0.05) is 5.92 Å². The smallest absolute Gasteiger partial charge is 0.227 e. The molecule has 3 rings (SSSR count). The van der Waals surface area contributed by atoms with Crippen molar-refractivity contribution >= 4 is 5.91 Å². The Kier molecular flexibility index (Phi) is 3.33. The van der Waals surface area contributed by atoms with E-state index in [-0.39, 0.29) is 12.0 Å². The molecule has 1 heterocycles. The van der Waals surface area contributed by atoms with E-state index in [0.29, 0.717) is 19.2 Å². The molecule has 2 aliphatic rings. The minimum atomic E-state index is 0.0524. The Hall–Kier alpha value is -1.35. The van der Waals surface area contributed by atoms with Crippen LogP contribution in [0.15, 0.2) is 30.3 Å². The molecular formula is C15H19NO2. The van der Waals surface area contributed by atoms with E-state index in [1.807, 2.05) is 23.1 Å². The zero-order valence-corrected chi connectivity index (χ0v) is 10.5. The van der Waals surface area contributed by atoms with Crippen LogP contribution in [0, 0.1) is 5.92 Å². The van der Waals surface area contributed by atoms with E-state index in [1.165, 1.54) is 18.4 Å². The van der Waals surface area contributed by atoms with Crippen LogP contribution < -0.4 is 0 Å². The van der Waals surface area contributed by atoms with E-state index in [2.05, 4.69) is 12.1 Å². The van der Waals surface area contributed by atoms with Crippen molar-refractivity contribution in [3.63, 3.8) is 0 Å². The summed E-state index contributed by atoms with van der Waals surface area (Å²) in [5.74, 6) is 0.550. The minimum absolute atomic E-state index is 0.0524. The quantitative estimate of drug-likeness (QED) is 0.801. The first-order valence-electron chi connectivity index (χ1n) is 6.80. The van der Waals surface area contributed by atoms with Gasteiger partial charge in [0.15, 0.2) is 0 Å². The van der Waals surface area contributed by atoms with E-state index in [1.54, 1.807) is 0 Å². The summed E-state index contributed by atoms with van der Waals surface area (Å²) in [6.07, 6.45) is 4.58. The number of hydrogen-bond acceptors (Lipinski definition) is 2. The van der Waals surface area contributed by atoms with Crippen LogP contribution in [0.4, 0.5) is 0 Å². The summed E-state index contributed by atoms with van der Waals surface area (Å²) >= 11 is 0. The van der Waals surface area contributed by atoms with Crippen molar-refractivity contribution < 1.29 is 9.53 Å². The molecule has 1 aromatic rings. The first-order chi connectivity index (χ1) is 8.84. The lowest BCUT2D eigenvalue weighted by Crippen LogP contribution is -2.33. The maximum absolute atomic E-state index is 12.3. The number of carbonyl (C=O) groups excluding carboxylic acids is 1. The SMILES string of the molecule is O=C(C1CCCC1)N1COC(c2ccccc2)C1. The van der Waals surface area contributed by atoms with Gasteiger partial charge in [-0.3, -0.25) is 4.79 Å². The van der Waals surface area contributed by atoms with Crippen molar-refractivity contribution in [1.82, 2.24) is 4.90 Å². The fraction of sp³-hybridized carbons (Fsp3) is 0.533. The van der Waals surface area contributed by atoms with Gasteiger partial charge >= 0.3 is 0 Å². The molecule has 2 fully saturated rings. The van der Waals surface area contributed by atoms with Crippen LogP contribution in [-0.4, -0.2) is 24.1 Å². The Morgan fingerprint density at radius 1 is 1.17 bits per heavy atom. The second-order valence-electron chi connectivity index (χ2n) is 5.24. The third-order valence-corrected chi connectivity index (χ3v) is 4.01. The number of hydrogen-bond donors (Lipinski definition) is 0. The van der Waals surface area contributed by atoms with Gasteiger partial charge in [0.05, 0.1) is 6.54 Å². The van der Waals surface area contributed by atoms with Gasteiger partial charge in [0.25, 0.3) is 0 Å². The van der Waals surface area contributed by atoms with E-state index >= 15 is 0 Å². The van der Waals surface area contributed by atoms with E-state index in [4.69, 9.17) is 4.74 Å². The molecule has 1 saturated carbocycles. The monoisotopic (exact) mass is 245 g/mol. The van der Waals surface area contributed by atoms with Crippen LogP contribution in [0.5, 0.6) is 0 Å². The molecular weight excluding hydrogens is 226 g/mol. The maximum atomic E-state index is 12.3. The summed E-state index contributed by atoms with van der Waals surface area (Å²) in [7, 11) is 0. The Morgan fingerprint density at radius 3 is 2.61 bits per heavy atom. The van der Waals surface area contributed by atoms with Crippen molar-refractivity contribution in [2.24, 2.45) is 5.92 Å². The molecule has 96 valence electrons. The highest BCUT2D eigenvalue weighted by Gasteiger charge is 2.33. The number of nitrogens with zero attached hydrogens (tertiary/aromatic N) is 1. The van der Waals surface area contributed by atoms with Crippen LogP contribution in [0.1, 0.15) is 37.4 Å². The molecule has 0 aromatic heterocycles. The van der Waals surface area contributed by atoms with Crippen LogP contribution >= 0.6 is 0 Å². The maximum Gasteiger partial charge on any atom is 0.227 e. The highest BCUT2D eigenvalue weighted by Crippen LogP contribution is 2.30. The third kappa shape index (κ3) is 2.27. The molecule has 3 heteroatoms. The molecule has 0 radical (unpaired) electrons. The topological polar surface area (TPSA) is 29.5 Å². The Balaban J connectivity index is 1.63. The zero-order valence-electron chi connectivity index (χ0n) is 10.5. The molecule has 1 saturated heterocycles. The molecule has 3 nitrogen and oxygen atoms in total. The minimum Gasteiger partial charge on any atom is -0.351 e. The fourth-order valence-electron chi connectivity index (χ4n) is 2.94. The largest absolute Gasteiger partial charge is 0.351 e. The number of rotatable bonds is 2. The Labute approximate surface area is 108 Å². The summed E-state index contributed by atoms with van der Waals surface area (Å²) in [6, 6.07) is 10.2. The molecule has 1 aromatic carbocycles. The van der Waals surface area contributed by atoms with Crippen LogP contribution in [0.2, 0.25) is 0 Å². The predicted molar refractivity (Wildman–Crippen MR) is 68.8 cm³/mol. The van der Waals surface area contributed by atoms with Gasteiger partial charge in [-0.05, 0) is 18.4 Å². The zero-order chi connectivity index (χ0) is 12.4. The normalized spacial score (nSPS) is 24.7. The molecule has 1 amide bonds. The molecule has 0 bridgehead atoms. The molecule has 1 aliphatic heterocycles. The number of benzene rings is 1. The van der Waals surface area contributed by atoms with E-state index < -0.39 is 0 Å². The molecule has 0 N–H and O–H groups in total. The standard InChI is InChI=1S/C15H19NO2/c17-15(13-8-4-5-9-13)16-10-14(18-11-16)12-6-2-1-3-7-12/h1-3,6-7,13-14H,4-5,8-11H2. The molecule has 0 spiro atoms.